The Bertz CT molecular complexity index is 785. The minimum atomic E-state index is -1.15. The number of methoxy groups -OCH3 is 1. The van der Waals surface area contributed by atoms with Crippen LogP contribution in [-0.4, -0.2) is 29.2 Å². The monoisotopic (exact) mass is 348 g/mol. The summed E-state index contributed by atoms with van der Waals surface area (Å²) in [6, 6.07) is 8.00. The lowest BCUT2D eigenvalue weighted by molar-refractivity contribution is -0.119. The van der Waals surface area contributed by atoms with Crippen molar-refractivity contribution in [2.45, 2.75) is 13.3 Å². The Morgan fingerprint density at radius 1 is 1.29 bits per heavy atom. The average molecular weight is 348 g/mol. The molecule has 0 aliphatic heterocycles. The molecule has 1 aromatic heterocycles. The van der Waals surface area contributed by atoms with E-state index in [1.54, 1.807) is 31.2 Å². The maximum Gasteiger partial charge on any atom is 0.371 e. The van der Waals surface area contributed by atoms with Gasteiger partial charge in [-0.05, 0) is 42.5 Å². The first-order valence-corrected chi connectivity index (χ1v) is 7.47. The van der Waals surface area contributed by atoms with Gasteiger partial charge in [-0.15, -0.1) is 0 Å². The van der Waals surface area contributed by atoms with Crippen molar-refractivity contribution in [3.05, 3.63) is 36.1 Å². The quantitative estimate of drug-likeness (QED) is 0.714. The highest BCUT2D eigenvalue weighted by Crippen LogP contribution is 2.33. The summed E-state index contributed by atoms with van der Waals surface area (Å²) in [5.41, 5.74) is 1.15. The van der Waals surface area contributed by atoms with E-state index in [0.29, 0.717) is 29.2 Å². The van der Waals surface area contributed by atoms with Gasteiger partial charge in [-0.2, -0.15) is 0 Å². The third kappa shape index (κ3) is 4.11. The van der Waals surface area contributed by atoms with E-state index >= 15 is 0 Å². The Kier molecular flexibility index (Phi) is 5.54. The van der Waals surface area contributed by atoms with Gasteiger partial charge in [0.15, 0.2) is 5.11 Å². The Balaban J connectivity index is 2.28. The molecule has 1 aromatic carbocycles. The summed E-state index contributed by atoms with van der Waals surface area (Å²) in [4.78, 5) is 22.3. The van der Waals surface area contributed by atoms with Crippen LogP contribution in [0.15, 0.2) is 34.7 Å². The van der Waals surface area contributed by atoms with Gasteiger partial charge < -0.3 is 24.9 Å². The number of nitrogens with one attached hydrogen (secondary N) is 2. The smallest absolute Gasteiger partial charge is 0.371 e. The van der Waals surface area contributed by atoms with Gasteiger partial charge in [-0.1, -0.05) is 6.92 Å². The number of ether oxygens (including phenoxy) is 1. The summed E-state index contributed by atoms with van der Waals surface area (Å²) in [5, 5.41) is 14.5. The van der Waals surface area contributed by atoms with Crippen LogP contribution in [-0.2, 0) is 4.79 Å². The van der Waals surface area contributed by atoms with Crippen LogP contribution >= 0.6 is 12.2 Å². The van der Waals surface area contributed by atoms with Crippen molar-refractivity contribution in [1.82, 2.24) is 5.32 Å². The van der Waals surface area contributed by atoms with Crippen LogP contribution in [0.3, 0.4) is 0 Å². The number of hydrogen-bond acceptors (Lipinski definition) is 5. The van der Waals surface area contributed by atoms with Crippen LogP contribution in [0, 0.1) is 0 Å². The Morgan fingerprint density at radius 3 is 2.62 bits per heavy atom. The highest BCUT2D eigenvalue weighted by molar-refractivity contribution is 7.80. The van der Waals surface area contributed by atoms with Crippen LogP contribution < -0.4 is 15.4 Å². The fourth-order valence-corrected chi connectivity index (χ4v) is 2.18. The number of carboxylic acids is 1. The molecule has 0 saturated carbocycles. The molecule has 0 saturated heterocycles. The van der Waals surface area contributed by atoms with E-state index < -0.39 is 5.97 Å². The third-order valence-corrected chi connectivity index (χ3v) is 3.32. The van der Waals surface area contributed by atoms with Crippen molar-refractivity contribution < 1.29 is 23.8 Å². The zero-order valence-electron chi connectivity index (χ0n) is 13.1. The highest BCUT2D eigenvalue weighted by Gasteiger charge is 2.15. The zero-order valence-corrected chi connectivity index (χ0v) is 13.9. The number of aromatic carboxylic acids is 1. The van der Waals surface area contributed by atoms with E-state index in [4.69, 9.17) is 26.5 Å². The lowest BCUT2D eigenvalue weighted by Gasteiger charge is -2.12. The summed E-state index contributed by atoms with van der Waals surface area (Å²) < 4.78 is 10.6. The van der Waals surface area contributed by atoms with Crippen molar-refractivity contribution in [3.63, 3.8) is 0 Å². The van der Waals surface area contributed by atoms with Gasteiger partial charge >= 0.3 is 5.97 Å². The van der Waals surface area contributed by atoms with E-state index in [1.165, 1.54) is 13.2 Å². The van der Waals surface area contributed by atoms with Gasteiger partial charge in [0, 0.05) is 12.1 Å². The van der Waals surface area contributed by atoms with Crippen molar-refractivity contribution in [2.24, 2.45) is 0 Å². The fourth-order valence-electron chi connectivity index (χ4n) is 1.95. The minimum Gasteiger partial charge on any atom is -0.496 e. The number of rotatable bonds is 5. The summed E-state index contributed by atoms with van der Waals surface area (Å²) in [5.74, 6) is -0.667. The molecule has 126 valence electrons. The van der Waals surface area contributed by atoms with Gasteiger partial charge in [0.1, 0.15) is 11.5 Å². The van der Waals surface area contributed by atoms with E-state index in [-0.39, 0.29) is 16.8 Å². The summed E-state index contributed by atoms with van der Waals surface area (Å²) >= 11 is 5.06. The Hall–Kier alpha value is -2.87. The molecule has 2 rings (SSSR count). The maximum atomic E-state index is 11.3. The number of anilines is 1. The fraction of sp³-hybridized carbons (Fsp3) is 0.188. The molecule has 0 fully saturated rings. The van der Waals surface area contributed by atoms with Gasteiger partial charge in [-0.25, -0.2) is 4.79 Å². The first-order valence-electron chi connectivity index (χ1n) is 7.07. The number of amides is 1. The van der Waals surface area contributed by atoms with E-state index in [0.717, 1.165) is 0 Å². The number of thiocarbonyl (C=S) groups is 1. The minimum absolute atomic E-state index is 0.170. The van der Waals surface area contributed by atoms with Gasteiger partial charge in [0.05, 0.1) is 12.7 Å². The molecule has 0 radical (unpaired) electrons. The summed E-state index contributed by atoms with van der Waals surface area (Å²) in [6.45, 7) is 1.72. The van der Waals surface area contributed by atoms with Crippen LogP contribution in [0.4, 0.5) is 5.69 Å². The molecular weight excluding hydrogens is 332 g/mol. The molecule has 7 nitrogen and oxygen atoms in total. The number of carbonyl (C=O) groups is 2. The maximum absolute atomic E-state index is 11.3. The molecule has 8 heteroatoms. The van der Waals surface area contributed by atoms with Crippen molar-refractivity contribution >= 4 is 34.9 Å². The molecule has 2 aromatic rings. The molecule has 0 aliphatic rings. The first-order chi connectivity index (χ1) is 11.4. The number of hydrogen-bond donors (Lipinski definition) is 3. The number of furan rings is 1. The average Bonchev–Trinajstić information content (AvgIpc) is 3.04. The second-order valence-corrected chi connectivity index (χ2v) is 5.15. The molecule has 0 spiro atoms. The molecule has 0 atom stereocenters. The van der Waals surface area contributed by atoms with Crippen molar-refractivity contribution in [1.29, 1.82) is 0 Å². The molecule has 0 unspecified atom stereocenters. The van der Waals surface area contributed by atoms with Gasteiger partial charge in [0.2, 0.25) is 11.7 Å². The second-order valence-electron chi connectivity index (χ2n) is 4.74. The van der Waals surface area contributed by atoms with Crippen LogP contribution in [0.25, 0.3) is 11.3 Å². The molecule has 3 N–H and O–H groups in total. The largest absolute Gasteiger partial charge is 0.496 e. The number of benzene rings is 1. The van der Waals surface area contributed by atoms with E-state index in [1.807, 2.05) is 0 Å². The third-order valence-electron chi connectivity index (χ3n) is 3.11. The predicted molar refractivity (Wildman–Crippen MR) is 92.3 cm³/mol. The topological polar surface area (TPSA) is 101 Å². The SMILES string of the molecule is CCC(=O)NC(=S)Nc1ccc(OC)c(-c2ccc(C(=O)O)o2)c1. The summed E-state index contributed by atoms with van der Waals surface area (Å²) in [7, 11) is 1.50. The first kappa shape index (κ1) is 17.5. The number of carbonyl (C=O) groups excluding carboxylic acids is 1. The van der Waals surface area contributed by atoms with Crippen LogP contribution in [0.2, 0.25) is 0 Å². The standard InChI is InChI=1S/C16H16N2O5S/c1-3-14(19)18-16(24)17-9-4-5-11(22-2)10(8-9)12-6-7-13(23-12)15(20)21/h4-8H,3H2,1-2H3,(H,20,21)(H2,17,18,19,24). The van der Waals surface area contributed by atoms with Gasteiger partial charge in [-0.3, -0.25) is 4.79 Å². The predicted octanol–water partition coefficient (Wildman–Crippen LogP) is 2.88. The van der Waals surface area contributed by atoms with Crippen LogP contribution in [0.5, 0.6) is 5.75 Å². The highest BCUT2D eigenvalue weighted by atomic mass is 32.1. The molecular formula is C16H16N2O5S. The molecule has 1 amide bonds. The van der Waals surface area contributed by atoms with Gasteiger partial charge in [0.25, 0.3) is 0 Å². The molecule has 0 aliphatic carbocycles. The zero-order chi connectivity index (χ0) is 17.7. The molecule has 1 heterocycles. The Morgan fingerprint density at radius 2 is 2.04 bits per heavy atom. The summed E-state index contributed by atoms with van der Waals surface area (Å²) in [6.07, 6.45) is 0.319. The van der Waals surface area contributed by atoms with Crippen LogP contribution in [0.1, 0.15) is 23.9 Å². The lowest BCUT2D eigenvalue weighted by Crippen LogP contribution is -2.33. The van der Waals surface area contributed by atoms with E-state index in [9.17, 15) is 9.59 Å². The van der Waals surface area contributed by atoms with Crippen molar-refractivity contribution in [3.8, 4) is 17.1 Å². The Labute approximate surface area is 143 Å². The van der Waals surface area contributed by atoms with E-state index in [2.05, 4.69) is 10.6 Å². The lowest BCUT2D eigenvalue weighted by atomic mass is 10.1. The normalized spacial score (nSPS) is 10.1. The molecule has 0 bridgehead atoms. The van der Waals surface area contributed by atoms with Crippen molar-refractivity contribution in [2.75, 3.05) is 12.4 Å². The molecule has 24 heavy (non-hydrogen) atoms. The second kappa shape index (κ2) is 7.60. The number of carboxylic acid groups (broad SMARTS) is 1.